The minimum atomic E-state index is -0.706. The van der Waals surface area contributed by atoms with Gasteiger partial charge in [0.15, 0.2) is 11.5 Å². The number of aryl methyl sites for hydroxylation is 1. The summed E-state index contributed by atoms with van der Waals surface area (Å²) in [4.78, 5) is 51.3. The van der Waals surface area contributed by atoms with Gasteiger partial charge in [0.25, 0.3) is 11.1 Å². The van der Waals surface area contributed by atoms with Gasteiger partial charge < -0.3 is 14.8 Å². The number of imide groups is 1. The Labute approximate surface area is 232 Å². The second kappa shape index (κ2) is 11.7. The van der Waals surface area contributed by atoms with Gasteiger partial charge in [-0.1, -0.05) is 47.0 Å². The van der Waals surface area contributed by atoms with E-state index in [0.717, 1.165) is 22.2 Å². The van der Waals surface area contributed by atoms with Crippen molar-refractivity contribution >= 4 is 69.8 Å². The quantitative estimate of drug-likeness (QED) is 0.205. The topological polar surface area (TPSA) is 102 Å². The summed E-state index contributed by atoms with van der Waals surface area (Å²) in [6.45, 7) is 1.51. The van der Waals surface area contributed by atoms with Crippen molar-refractivity contribution in [2.24, 2.45) is 0 Å². The molecule has 0 radical (unpaired) electrons. The third-order valence-corrected chi connectivity index (χ3v) is 6.80. The lowest BCUT2D eigenvalue weighted by atomic mass is 10.1. The zero-order chi connectivity index (χ0) is 27.4. The van der Waals surface area contributed by atoms with Gasteiger partial charge in [-0.2, -0.15) is 0 Å². The third-order valence-electron chi connectivity index (χ3n) is 5.35. The van der Waals surface area contributed by atoms with Crippen LogP contribution < -0.4 is 14.8 Å². The number of hydrogen-bond donors (Lipinski definition) is 1. The molecule has 1 aliphatic rings. The fourth-order valence-electron chi connectivity index (χ4n) is 3.44. The summed E-state index contributed by atoms with van der Waals surface area (Å²) in [6.07, 6.45) is 1.49. The molecular weight excluding hydrogens is 551 g/mol. The fourth-order valence-corrected chi connectivity index (χ4v) is 4.76. The van der Waals surface area contributed by atoms with E-state index in [1.54, 1.807) is 24.3 Å². The Morgan fingerprint density at radius 3 is 2.42 bits per heavy atom. The standard InChI is InChI=1S/C27H20Cl2N2O6S/c1-15-3-7-18(8-4-15)30-24(32)14-31-25(33)23(38-27(31)35)12-16-5-10-21(22(11-16)36-2)37-26(34)19-9-6-17(28)13-20(19)29/h3-13H,14H2,1-2H3,(H,30,32)/b23-12-. The molecule has 0 aliphatic carbocycles. The van der Waals surface area contributed by atoms with Crippen molar-refractivity contribution in [3.8, 4) is 11.5 Å². The molecule has 0 aromatic heterocycles. The summed E-state index contributed by atoms with van der Waals surface area (Å²) in [7, 11) is 1.40. The van der Waals surface area contributed by atoms with Crippen molar-refractivity contribution in [2.75, 3.05) is 19.0 Å². The molecule has 1 fully saturated rings. The van der Waals surface area contributed by atoms with Gasteiger partial charge in [-0.05, 0) is 72.8 Å². The second-order valence-electron chi connectivity index (χ2n) is 8.11. The Morgan fingerprint density at radius 2 is 1.74 bits per heavy atom. The summed E-state index contributed by atoms with van der Waals surface area (Å²) in [5, 5.41) is 2.63. The van der Waals surface area contributed by atoms with Crippen molar-refractivity contribution in [1.82, 2.24) is 4.90 Å². The molecule has 3 amide bonds. The van der Waals surface area contributed by atoms with E-state index in [0.29, 0.717) is 16.3 Å². The van der Waals surface area contributed by atoms with Gasteiger partial charge in [0.2, 0.25) is 5.91 Å². The van der Waals surface area contributed by atoms with E-state index in [4.69, 9.17) is 32.7 Å². The van der Waals surface area contributed by atoms with Crippen LogP contribution in [0.3, 0.4) is 0 Å². The molecule has 3 aromatic rings. The number of methoxy groups -OCH3 is 1. The van der Waals surface area contributed by atoms with Crippen LogP contribution in [0.15, 0.2) is 65.6 Å². The highest BCUT2D eigenvalue weighted by Gasteiger charge is 2.36. The molecule has 0 atom stereocenters. The molecule has 1 aliphatic heterocycles. The highest BCUT2D eigenvalue weighted by molar-refractivity contribution is 8.18. The first-order valence-electron chi connectivity index (χ1n) is 11.1. The van der Waals surface area contributed by atoms with Gasteiger partial charge in [-0.3, -0.25) is 19.3 Å². The van der Waals surface area contributed by atoms with E-state index >= 15 is 0 Å². The predicted octanol–water partition coefficient (Wildman–Crippen LogP) is 6.20. The monoisotopic (exact) mass is 570 g/mol. The third kappa shape index (κ3) is 6.36. The number of hydrogen-bond acceptors (Lipinski definition) is 7. The zero-order valence-corrected chi connectivity index (χ0v) is 22.4. The molecule has 194 valence electrons. The molecule has 4 rings (SSSR count). The number of nitrogens with one attached hydrogen (secondary N) is 1. The summed E-state index contributed by atoms with van der Waals surface area (Å²) >= 11 is 12.7. The van der Waals surface area contributed by atoms with Crippen molar-refractivity contribution in [1.29, 1.82) is 0 Å². The predicted molar refractivity (Wildman–Crippen MR) is 147 cm³/mol. The summed E-state index contributed by atoms with van der Waals surface area (Å²) in [5.41, 5.74) is 2.24. The Balaban J connectivity index is 1.46. The molecule has 8 nitrogen and oxygen atoms in total. The van der Waals surface area contributed by atoms with Gasteiger partial charge in [0.05, 0.1) is 22.6 Å². The first-order valence-corrected chi connectivity index (χ1v) is 12.7. The van der Waals surface area contributed by atoms with E-state index in [2.05, 4.69) is 5.32 Å². The highest BCUT2D eigenvalue weighted by Crippen LogP contribution is 2.35. The number of amides is 3. The number of anilines is 1. The molecule has 0 unspecified atom stereocenters. The Morgan fingerprint density at radius 1 is 1.00 bits per heavy atom. The minimum Gasteiger partial charge on any atom is -0.493 e. The van der Waals surface area contributed by atoms with Gasteiger partial charge in [-0.15, -0.1) is 0 Å². The smallest absolute Gasteiger partial charge is 0.345 e. The van der Waals surface area contributed by atoms with Crippen LogP contribution in [0, 0.1) is 6.92 Å². The van der Waals surface area contributed by atoms with Gasteiger partial charge in [0.1, 0.15) is 6.54 Å². The minimum absolute atomic E-state index is 0.126. The Hall–Kier alpha value is -3.79. The maximum absolute atomic E-state index is 12.8. The Kier molecular flexibility index (Phi) is 8.41. The fraction of sp³-hybridized carbons (Fsp3) is 0.111. The molecule has 1 saturated heterocycles. The molecular formula is C27H20Cl2N2O6S. The van der Waals surface area contributed by atoms with Crippen molar-refractivity contribution in [2.45, 2.75) is 6.92 Å². The summed E-state index contributed by atoms with van der Waals surface area (Å²) in [5.74, 6) is -1.45. The molecule has 0 spiro atoms. The number of ether oxygens (including phenoxy) is 2. The van der Waals surface area contributed by atoms with E-state index in [9.17, 15) is 19.2 Å². The lowest BCUT2D eigenvalue weighted by Gasteiger charge is -2.12. The van der Waals surface area contributed by atoms with Gasteiger partial charge >= 0.3 is 5.97 Å². The van der Waals surface area contributed by atoms with Crippen LogP contribution in [0.2, 0.25) is 10.0 Å². The van der Waals surface area contributed by atoms with Crippen LogP contribution in [-0.2, 0) is 9.59 Å². The molecule has 1 N–H and O–H groups in total. The largest absolute Gasteiger partial charge is 0.493 e. The first-order chi connectivity index (χ1) is 18.1. The maximum Gasteiger partial charge on any atom is 0.345 e. The molecule has 38 heavy (non-hydrogen) atoms. The average molecular weight is 571 g/mol. The van der Waals surface area contributed by atoms with E-state index in [-0.39, 0.29) is 27.0 Å². The van der Waals surface area contributed by atoms with Gasteiger partial charge in [0, 0.05) is 10.7 Å². The molecule has 11 heteroatoms. The van der Waals surface area contributed by atoms with Crippen LogP contribution in [0.25, 0.3) is 6.08 Å². The molecule has 1 heterocycles. The van der Waals surface area contributed by atoms with Crippen LogP contribution in [-0.4, -0.2) is 41.6 Å². The maximum atomic E-state index is 12.8. The van der Waals surface area contributed by atoms with E-state index < -0.39 is 29.6 Å². The van der Waals surface area contributed by atoms with Crippen LogP contribution >= 0.6 is 35.0 Å². The average Bonchev–Trinajstić information content (AvgIpc) is 3.13. The molecule has 0 saturated carbocycles. The van der Waals surface area contributed by atoms with E-state index in [1.165, 1.54) is 37.5 Å². The zero-order valence-electron chi connectivity index (χ0n) is 20.1. The van der Waals surface area contributed by atoms with Crippen LogP contribution in [0.1, 0.15) is 21.5 Å². The number of thioether (sulfide) groups is 1. The summed E-state index contributed by atoms with van der Waals surface area (Å²) < 4.78 is 10.8. The van der Waals surface area contributed by atoms with Gasteiger partial charge in [-0.25, -0.2) is 4.79 Å². The SMILES string of the molecule is COc1cc(/C=C2\SC(=O)N(CC(=O)Nc3ccc(C)cc3)C2=O)ccc1OC(=O)c1ccc(Cl)cc1Cl. The highest BCUT2D eigenvalue weighted by atomic mass is 35.5. The van der Waals surface area contributed by atoms with Crippen LogP contribution in [0.4, 0.5) is 10.5 Å². The van der Waals surface area contributed by atoms with Crippen LogP contribution in [0.5, 0.6) is 11.5 Å². The van der Waals surface area contributed by atoms with Crippen molar-refractivity contribution in [3.05, 3.63) is 92.3 Å². The number of carbonyl (C=O) groups is 4. The second-order valence-corrected chi connectivity index (χ2v) is 9.94. The number of esters is 1. The lowest BCUT2D eigenvalue weighted by molar-refractivity contribution is -0.127. The molecule has 3 aromatic carbocycles. The normalized spacial score (nSPS) is 14.1. The Bertz CT molecular complexity index is 1470. The number of carbonyl (C=O) groups excluding carboxylic acids is 4. The number of halogens is 2. The summed E-state index contributed by atoms with van der Waals surface area (Å²) in [6, 6.07) is 16.2. The lowest BCUT2D eigenvalue weighted by Crippen LogP contribution is -2.36. The van der Waals surface area contributed by atoms with Crippen molar-refractivity contribution < 1.29 is 28.7 Å². The molecule has 0 bridgehead atoms. The van der Waals surface area contributed by atoms with E-state index in [1.807, 2.05) is 19.1 Å². The first kappa shape index (κ1) is 27.3. The number of benzene rings is 3. The van der Waals surface area contributed by atoms with Crippen molar-refractivity contribution in [3.63, 3.8) is 0 Å². The number of rotatable bonds is 7. The number of nitrogens with zero attached hydrogens (tertiary/aromatic N) is 1.